The number of hydrogen-bond donors (Lipinski definition) is 0. The summed E-state index contributed by atoms with van der Waals surface area (Å²) in [6.07, 6.45) is 1.24. The van der Waals surface area contributed by atoms with Crippen molar-refractivity contribution in [1.82, 2.24) is 14.5 Å². The van der Waals surface area contributed by atoms with Gasteiger partial charge in [0.15, 0.2) is 5.82 Å². The van der Waals surface area contributed by atoms with Crippen molar-refractivity contribution in [3.05, 3.63) is 98.4 Å². The number of aromatic nitrogens is 2. The molecule has 3 heterocycles. The van der Waals surface area contributed by atoms with Crippen LogP contribution in [0.25, 0.3) is 32.9 Å². The van der Waals surface area contributed by atoms with Crippen molar-refractivity contribution in [2.75, 3.05) is 13.7 Å². The molecule has 3 aromatic carbocycles. The second kappa shape index (κ2) is 11.9. The van der Waals surface area contributed by atoms with Gasteiger partial charge >= 0.3 is 6.09 Å². The molecule has 0 fully saturated rings. The lowest BCUT2D eigenvalue weighted by atomic mass is 9.93. The number of hydrogen-bond acceptors (Lipinski definition) is 6. The number of nitrogens with zero attached hydrogens (tertiary/aromatic N) is 3. The predicted molar refractivity (Wildman–Crippen MR) is 173 cm³/mol. The number of halogens is 3. The lowest BCUT2D eigenvalue weighted by Crippen LogP contribution is -2.42. The van der Waals surface area contributed by atoms with Crippen LogP contribution in [0.4, 0.5) is 13.6 Å². The molecule has 0 radical (unpaired) electrons. The minimum absolute atomic E-state index is 0.0355. The van der Waals surface area contributed by atoms with Crippen LogP contribution in [-0.2, 0) is 31.4 Å². The van der Waals surface area contributed by atoms with Crippen molar-refractivity contribution in [3.8, 4) is 22.6 Å². The summed E-state index contributed by atoms with van der Waals surface area (Å²) in [5, 5.41) is 0.925. The summed E-state index contributed by atoms with van der Waals surface area (Å²) in [5.41, 5.74) is 1.05. The van der Waals surface area contributed by atoms with Crippen LogP contribution in [0.5, 0.6) is 11.5 Å². The average Bonchev–Trinajstić information content (AvgIpc) is 3.02. The van der Waals surface area contributed by atoms with Crippen LogP contribution in [0.3, 0.4) is 0 Å². The molecule has 2 aromatic heterocycles. The topological polar surface area (TPSA) is 82.9 Å². The van der Waals surface area contributed by atoms with Gasteiger partial charge in [-0.3, -0.25) is 9.78 Å². The molecule has 238 valence electrons. The number of benzene rings is 3. The third-order valence-corrected chi connectivity index (χ3v) is 8.33. The fourth-order valence-corrected chi connectivity index (χ4v) is 6.12. The Morgan fingerprint density at radius 1 is 1.07 bits per heavy atom. The SMILES string of the molecule is COc1ccc(COc2cccc(F)c2-c2c(Cl)cc3c(ncc4c3c3c(c(=O)n4C)CN(C(=O)OC(C)(C)C)CC3)c2F)cc1. The molecule has 1 aliphatic rings. The van der Waals surface area contributed by atoms with E-state index < -0.39 is 23.3 Å². The summed E-state index contributed by atoms with van der Waals surface area (Å²) in [6.45, 7) is 5.76. The third-order valence-electron chi connectivity index (χ3n) is 8.04. The minimum Gasteiger partial charge on any atom is -0.497 e. The lowest BCUT2D eigenvalue weighted by Gasteiger charge is -2.32. The van der Waals surface area contributed by atoms with E-state index in [9.17, 15) is 9.59 Å². The van der Waals surface area contributed by atoms with Crippen molar-refractivity contribution < 1.29 is 27.8 Å². The normalized spacial score (nSPS) is 13.2. The largest absolute Gasteiger partial charge is 0.497 e. The van der Waals surface area contributed by atoms with E-state index in [0.29, 0.717) is 46.1 Å². The molecule has 0 saturated carbocycles. The first-order valence-electron chi connectivity index (χ1n) is 14.7. The Kier molecular flexibility index (Phi) is 8.10. The second-order valence-corrected chi connectivity index (χ2v) is 12.6. The van der Waals surface area contributed by atoms with E-state index >= 15 is 8.78 Å². The van der Waals surface area contributed by atoms with Crippen molar-refractivity contribution in [3.63, 3.8) is 0 Å². The van der Waals surface area contributed by atoms with Crippen molar-refractivity contribution >= 4 is 39.5 Å². The minimum atomic E-state index is -0.822. The van der Waals surface area contributed by atoms with Gasteiger partial charge in [0, 0.05) is 35.5 Å². The Labute approximate surface area is 269 Å². The van der Waals surface area contributed by atoms with Gasteiger partial charge < -0.3 is 23.7 Å². The number of ether oxygens (including phenoxy) is 3. The van der Waals surface area contributed by atoms with Crippen molar-refractivity contribution in [2.45, 2.75) is 45.9 Å². The summed E-state index contributed by atoms with van der Waals surface area (Å²) in [4.78, 5) is 32.2. The van der Waals surface area contributed by atoms with Crippen LogP contribution < -0.4 is 15.0 Å². The van der Waals surface area contributed by atoms with Crippen molar-refractivity contribution in [1.29, 1.82) is 0 Å². The van der Waals surface area contributed by atoms with E-state index in [2.05, 4.69) is 4.98 Å². The number of methoxy groups -OCH3 is 1. The Morgan fingerprint density at radius 2 is 1.80 bits per heavy atom. The fraction of sp³-hybridized carbons (Fsp3) is 0.286. The molecule has 8 nitrogen and oxygen atoms in total. The Morgan fingerprint density at radius 3 is 2.50 bits per heavy atom. The maximum Gasteiger partial charge on any atom is 0.410 e. The highest BCUT2D eigenvalue weighted by Crippen LogP contribution is 2.43. The summed E-state index contributed by atoms with van der Waals surface area (Å²) < 4.78 is 50.2. The molecule has 11 heteroatoms. The highest BCUT2D eigenvalue weighted by Gasteiger charge is 2.31. The number of carbonyl (C=O) groups excluding carboxylic acids is 1. The average molecular weight is 648 g/mol. The molecular formula is C35H32ClF2N3O5. The van der Waals surface area contributed by atoms with Gasteiger partial charge in [0.25, 0.3) is 5.56 Å². The Balaban J connectivity index is 1.46. The second-order valence-electron chi connectivity index (χ2n) is 12.2. The quantitative estimate of drug-likeness (QED) is 0.183. The van der Waals surface area contributed by atoms with E-state index in [1.807, 2.05) is 12.1 Å². The molecule has 1 amide bonds. The zero-order valence-electron chi connectivity index (χ0n) is 26.0. The van der Waals surface area contributed by atoms with Crippen LogP contribution in [0.2, 0.25) is 5.02 Å². The van der Waals surface area contributed by atoms with Gasteiger partial charge in [-0.25, -0.2) is 13.6 Å². The van der Waals surface area contributed by atoms with E-state index in [4.69, 9.17) is 25.8 Å². The predicted octanol–water partition coefficient (Wildman–Crippen LogP) is 7.57. The molecule has 6 rings (SSSR count). The van der Waals surface area contributed by atoms with Gasteiger partial charge in [-0.05, 0) is 68.7 Å². The number of amides is 1. The molecule has 46 heavy (non-hydrogen) atoms. The third kappa shape index (κ3) is 5.62. The number of carbonyl (C=O) groups is 1. The monoisotopic (exact) mass is 647 g/mol. The van der Waals surface area contributed by atoms with Crippen LogP contribution in [0, 0.1) is 11.6 Å². The summed E-state index contributed by atoms with van der Waals surface area (Å²) >= 11 is 6.78. The van der Waals surface area contributed by atoms with Gasteiger partial charge in [0.05, 0.1) is 36.0 Å². The number of fused-ring (bicyclic) bond motifs is 5. The number of pyridine rings is 2. The summed E-state index contributed by atoms with van der Waals surface area (Å²) in [7, 11) is 3.17. The molecule has 0 aliphatic carbocycles. The molecule has 0 bridgehead atoms. The first kappa shape index (κ1) is 31.3. The molecular weight excluding hydrogens is 616 g/mol. The Hall–Kier alpha value is -4.70. The number of rotatable bonds is 5. The van der Waals surface area contributed by atoms with Gasteiger partial charge in [-0.15, -0.1) is 0 Å². The summed E-state index contributed by atoms with van der Waals surface area (Å²) in [6, 6.07) is 13.0. The molecule has 0 N–H and O–H groups in total. The molecule has 5 aromatic rings. The maximum atomic E-state index is 16.6. The van der Waals surface area contributed by atoms with Crippen LogP contribution in [0.1, 0.15) is 37.5 Å². The number of aryl methyl sites for hydroxylation is 1. The molecule has 0 spiro atoms. The van der Waals surface area contributed by atoms with Crippen LogP contribution in [0.15, 0.2) is 59.5 Å². The smallest absolute Gasteiger partial charge is 0.410 e. The zero-order valence-corrected chi connectivity index (χ0v) is 26.8. The molecule has 0 saturated heterocycles. The first-order chi connectivity index (χ1) is 21.9. The highest BCUT2D eigenvalue weighted by atomic mass is 35.5. The van der Waals surface area contributed by atoms with Gasteiger partial charge in [-0.1, -0.05) is 29.8 Å². The molecule has 1 aliphatic heterocycles. The van der Waals surface area contributed by atoms with Crippen LogP contribution >= 0.6 is 11.6 Å². The first-order valence-corrected chi connectivity index (χ1v) is 15.1. The zero-order chi connectivity index (χ0) is 32.9. The van der Waals surface area contributed by atoms with Gasteiger partial charge in [0.1, 0.15) is 35.0 Å². The lowest BCUT2D eigenvalue weighted by molar-refractivity contribution is 0.0223. The summed E-state index contributed by atoms with van der Waals surface area (Å²) in [5.74, 6) is -0.742. The van der Waals surface area contributed by atoms with E-state index in [-0.39, 0.29) is 46.1 Å². The van der Waals surface area contributed by atoms with Crippen LogP contribution in [-0.4, -0.2) is 39.8 Å². The van der Waals surface area contributed by atoms with E-state index in [1.54, 1.807) is 59.2 Å². The molecule has 0 atom stereocenters. The molecule has 0 unspecified atom stereocenters. The van der Waals surface area contributed by atoms with Crippen molar-refractivity contribution in [2.24, 2.45) is 7.05 Å². The Bertz CT molecular complexity index is 2070. The van der Waals surface area contributed by atoms with Gasteiger partial charge in [0.2, 0.25) is 0 Å². The van der Waals surface area contributed by atoms with E-state index in [1.165, 1.54) is 27.8 Å². The fourth-order valence-electron chi connectivity index (χ4n) is 5.83. The highest BCUT2D eigenvalue weighted by molar-refractivity contribution is 6.35. The van der Waals surface area contributed by atoms with E-state index in [0.717, 1.165) is 5.56 Å². The maximum absolute atomic E-state index is 16.6. The standard InChI is InChI=1S/C35H32ClF2N3O5/c1-35(2,3)46-34(43)41-14-13-21-23(17-41)33(42)40(4)26-16-39-32-22(28(21)26)15-24(36)29(31(32)38)30-25(37)7-6-8-27(30)45-18-19-9-11-20(44-5)12-10-19/h6-12,15-16H,13-14,17-18H2,1-5H3. The van der Waals surface area contributed by atoms with Gasteiger partial charge in [-0.2, -0.15) is 0 Å².